The summed E-state index contributed by atoms with van der Waals surface area (Å²) in [5.41, 5.74) is -0.884. The molecule has 2 heterocycles. The molecule has 0 bridgehead atoms. The Bertz CT molecular complexity index is 707. The van der Waals surface area contributed by atoms with Crippen LogP contribution in [0.2, 0.25) is 0 Å². The van der Waals surface area contributed by atoms with Gasteiger partial charge in [0.1, 0.15) is 13.1 Å². The monoisotopic (exact) mass is 342 g/mol. The Balaban J connectivity index is 1.99. The van der Waals surface area contributed by atoms with Gasteiger partial charge in [-0.05, 0) is 42.5 Å². The average Bonchev–Trinajstić information content (AvgIpc) is 3.05. The van der Waals surface area contributed by atoms with Crippen LogP contribution in [0.25, 0.3) is 5.69 Å². The highest BCUT2D eigenvalue weighted by atomic mass is 19.4. The van der Waals surface area contributed by atoms with E-state index >= 15 is 0 Å². The number of quaternary nitrogens is 1. The third-order valence-corrected chi connectivity index (χ3v) is 4.43. The molecule has 0 spiro atoms. The summed E-state index contributed by atoms with van der Waals surface area (Å²) in [6.07, 6.45) is -4.41. The standard InChI is InChI=1S/C15H18F3N5O/c1-14(2,22-6-8-24-9-7-22)13-19-20-21-23(13)12-5-3-4-11(10-12)15(16,17)18/h3-5,10H,6-9H2,1-2H3/p+1. The maximum atomic E-state index is 13.0. The lowest BCUT2D eigenvalue weighted by Gasteiger charge is -2.36. The second kappa shape index (κ2) is 6.14. The number of nitrogens with one attached hydrogen (secondary N) is 1. The Hall–Kier alpha value is -2.00. The zero-order chi connectivity index (χ0) is 17.4. The molecule has 1 aliphatic rings. The Labute approximate surface area is 137 Å². The summed E-state index contributed by atoms with van der Waals surface area (Å²) >= 11 is 0. The third kappa shape index (κ3) is 3.13. The lowest BCUT2D eigenvalue weighted by atomic mass is 10.0. The summed E-state index contributed by atoms with van der Waals surface area (Å²) in [6, 6.07) is 5.02. The number of aromatic nitrogens is 4. The topological polar surface area (TPSA) is 57.3 Å². The molecule has 24 heavy (non-hydrogen) atoms. The van der Waals surface area contributed by atoms with E-state index in [1.807, 2.05) is 13.8 Å². The van der Waals surface area contributed by atoms with Crippen molar-refractivity contribution in [3.05, 3.63) is 35.7 Å². The number of ether oxygens (including phenoxy) is 1. The molecule has 0 radical (unpaired) electrons. The van der Waals surface area contributed by atoms with E-state index in [0.717, 1.165) is 25.2 Å². The Kier molecular flexibility index (Phi) is 4.31. The van der Waals surface area contributed by atoms with Gasteiger partial charge in [-0.3, -0.25) is 0 Å². The largest absolute Gasteiger partial charge is 0.416 e. The molecule has 0 saturated carbocycles. The first-order chi connectivity index (χ1) is 11.3. The lowest BCUT2D eigenvalue weighted by Crippen LogP contribution is -3.19. The molecule has 1 aromatic carbocycles. The minimum absolute atomic E-state index is 0.297. The lowest BCUT2D eigenvalue weighted by molar-refractivity contribution is -0.964. The molecule has 1 fully saturated rings. The number of nitrogens with zero attached hydrogens (tertiary/aromatic N) is 4. The highest BCUT2D eigenvalue weighted by Gasteiger charge is 2.39. The van der Waals surface area contributed by atoms with Crippen molar-refractivity contribution >= 4 is 0 Å². The number of alkyl halides is 3. The smallest absolute Gasteiger partial charge is 0.370 e. The van der Waals surface area contributed by atoms with E-state index in [-0.39, 0.29) is 0 Å². The zero-order valence-electron chi connectivity index (χ0n) is 13.5. The van der Waals surface area contributed by atoms with Gasteiger partial charge < -0.3 is 9.64 Å². The van der Waals surface area contributed by atoms with Crippen molar-refractivity contribution in [1.82, 2.24) is 20.2 Å². The molecular formula is C15H19F3N5O+. The maximum absolute atomic E-state index is 13.0. The molecule has 9 heteroatoms. The van der Waals surface area contributed by atoms with Crippen molar-refractivity contribution in [1.29, 1.82) is 0 Å². The first kappa shape index (κ1) is 16.8. The molecule has 130 valence electrons. The van der Waals surface area contributed by atoms with Gasteiger partial charge in [0, 0.05) is 0 Å². The molecule has 1 aliphatic heterocycles. The van der Waals surface area contributed by atoms with Gasteiger partial charge in [0.05, 0.1) is 24.5 Å². The minimum Gasteiger partial charge on any atom is -0.370 e. The Morgan fingerprint density at radius 1 is 1.17 bits per heavy atom. The summed E-state index contributed by atoms with van der Waals surface area (Å²) < 4.78 is 45.6. The normalized spacial score (nSPS) is 17.2. The number of morpholine rings is 1. The second-order valence-corrected chi connectivity index (χ2v) is 6.30. The fourth-order valence-electron chi connectivity index (χ4n) is 2.97. The first-order valence-electron chi connectivity index (χ1n) is 7.69. The fraction of sp³-hybridized carbons (Fsp3) is 0.533. The molecule has 0 aliphatic carbocycles. The highest BCUT2D eigenvalue weighted by Crippen LogP contribution is 2.30. The number of rotatable bonds is 3. The van der Waals surface area contributed by atoms with Crippen LogP contribution in [-0.2, 0) is 16.5 Å². The van der Waals surface area contributed by atoms with E-state index in [1.54, 1.807) is 6.07 Å². The molecule has 1 N–H and O–H groups in total. The third-order valence-electron chi connectivity index (χ3n) is 4.43. The van der Waals surface area contributed by atoms with E-state index < -0.39 is 17.3 Å². The fourth-order valence-corrected chi connectivity index (χ4v) is 2.97. The van der Waals surface area contributed by atoms with Gasteiger partial charge >= 0.3 is 6.18 Å². The summed E-state index contributed by atoms with van der Waals surface area (Å²) in [5, 5.41) is 11.7. The molecule has 0 amide bonds. The van der Waals surface area contributed by atoms with Crippen molar-refractivity contribution in [2.24, 2.45) is 0 Å². The van der Waals surface area contributed by atoms with Crippen LogP contribution in [0.3, 0.4) is 0 Å². The summed E-state index contributed by atoms with van der Waals surface area (Å²) in [7, 11) is 0. The second-order valence-electron chi connectivity index (χ2n) is 6.30. The molecule has 2 aromatic rings. The average molecular weight is 342 g/mol. The van der Waals surface area contributed by atoms with Gasteiger partial charge in [-0.1, -0.05) is 6.07 Å². The number of benzene rings is 1. The molecule has 0 atom stereocenters. The van der Waals surface area contributed by atoms with Gasteiger partial charge in [-0.25, -0.2) is 0 Å². The van der Waals surface area contributed by atoms with Gasteiger partial charge in [-0.15, -0.1) is 5.10 Å². The quantitative estimate of drug-likeness (QED) is 0.898. The van der Waals surface area contributed by atoms with Gasteiger partial charge in [0.15, 0.2) is 5.54 Å². The SMILES string of the molecule is CC(C)(c1nnnn1-c1cccc(C(F)(F)F)c1)[NH+]1CCOCC1. The van der Waals surface area contributed by atoms with Crippen LogP contribution in [0, 0.1) is 0 Å². The van der Waals surface area contributed by atoms with E-state index in [9.17, 15) is 13.2 Å². The number of halogens is 3. The number of hydrogen-bond acceptors (Lipinski definition) is 4. The zero-order valence-corrected chi connectivity index (χ0v) is 13.5. The Morgan fingerprint density at radius 3 is 2.54 bits per heavy atom. The number of tetrazole rings is 1. The molecule has 1 aromatic heterocycles. The summed E-state index contributed by atoms with van der Waals surface area (Å²) in [5.74, 6) is 0.527. The van der Waals surface area contributed by atoms with Crippen LogP contribution in [0.1, 0.15) is 25.2 Å². The van der Waals surface area contributed by atoms with E-state index in [0.29, 0.717) is 24.7 Å². The maximum Gasteiger partial charge on any atom is 0.416 e. The van der Waals surface area contributed by atoms with Crippen molar-refractivity contribution < 1.29 is 22.8 Å². The summed E-state index contributed by atoms with van der Waals surface area (Å²) in [4.78, 5) is 1.23. The van der Waals surface area contributed by atoms with Crippen LogP contribution >= 0.6 is 0 Å². The van der Waals surface area contributed by atoms with Crippen molar-refractivity contribution in [2.45, 2.75) is 25.6 Å². The van der Waals surface area contributed by atoms with Gasteiger partial charge in [-0.2, -0.15) is 17.9 Å². The van der Waals surface area contributed by atoms with E-state index in [2.05, 4.69) is 15.5 Å². The van der Waals surface area contributed by atoms with Crippen LogP contribution in [0.15, 0.2) is 24.3 Å². The Morgan fingerprint density at radius 2 is 1.88 bits per heavy atom. The van der Waals surface area contributed by atoms with Crippen LogP contribution in [0.5, 0.6) is 0 Å². The van der Waals surface area contributed by atoms with Crippen molar-refractivity contribution in [2.75, 3.05) is 26.3 Å². The molecule has 3 rings (SSSR count). The van der Waals surface area contributed by atoms with Crippen molar-refractivity contribution in [3.63, 3.8) is 0 Å². The minimum atomic E-state index is -4.41. The number of hydrogen-bond donors (Lipinski definition) is 1. The van der Waals surface area contributed by atoms with Crippen LogP contribution in [0.4, 0.5) is 13.2 Å². The predicted molar refractivity (Wildman–Crippen MR) is 78.7 cm³/mol. The molecule has 6 nitrogen and oxygen atoms in total. The molecule has 0 unspecified atom stereocenters. The van der Waals surface area contributed by atoms with Crippen LogP contribution < -0.4 is 4.90 Å². The van der Waals surface area contributed by atoms with Crippen LogP contribution in [-0.4, -0.2) is 46.5 Å². The van der Waals surface area contributed by atoms with E-state index in [4.69, 9.17) is 4.74 Å². The first-order valence-corrected chi connectivity index (χ1v) is 7.69. The van der Waals surface area contributed by atoms with E-state index in [1.165, 1.54) is 15.6 Å². The van der Waals surface area contributed by atoms with Crippen molar-refractivity contribution in [3.8, 4) is 5.69 Å². The predicted octanol–water partition coefficient (Wildman–Crippen LogP) is 0.831. The van der Waals surface area contributed by atoms with Gasteiger partial charge in [0.25, 0.3) is 0 Å². The highest BCUT2D eigenvalue weighted by molar-refractivity contribution is 5.37. The molecule has 1 saturated heterocycles. The van der Waals surface area contributed by atoms with Gasteiger partial charge in [0.2, 0.25) is 5.82 Å². The summed E-state index contributed by atoms with van der Waals surface area (Å²) in [6.45, 7) is 6.85. The molecular weight excluding hydrogens is 323 g/mol.